The Kier molecular flexibility index (Phi) is 4.35. The molecule has 4 nitrogen and oxygen atoms in total. The number of rotatable bonds is 5. The van der Waals surface area contributed by atoms with Crippen molar-refractivity contribution >= 4 is 5.97 Å². The normalized spacial score (nSPS) is 11.9. The van der Waals surface area contributed by atoms with Crippen LogP contribution in [0.25, 0.3) is 0 Å². The van der Waals surface area contributed by atoms with Gasteiger partial charge in [-0.1, -0.05) is 30.3 Å². The molecule has 1 N–H and O–H groups in total. The molecule has 104 valence electrons. The quantitative estimate of drug-likeness (QED) is 0.908. The lowest BCUT2D eigenvalue weighted by Gasteiger charge is -2.13. The molecule has 0 saturated heterocycles. The Labute approximate surface area is 118 Å². The van der Waals surface area contributed by atoms with Crippen molar-refractivity contribution < 1.29 is 14.6 Å². The number of carboxylic acid groups (broad SMARTS) is 1. The summed E-state index contributed by atoms with van der Waals surface area (Å²) in [5.74, 6) is -0.752. The zero-order valence-corrected chi connectivity index (χ0v) is 11.5. The number of nitrogens with zero attached hydrogens (tertiary/aromatic N) is 1. The Morgan fingerprint density at radius 1 is 1.30 bits per heavy atom. The zero-order chi connectivity index (χ0) is 14.5. The summed E-state index contributed by atoms with van der Waals surface area (Å²) in [6.07, 6.45) is 0.345. The number of aliphatic carboxylic acids is 1. The Morgan fingerprint density at radius 2 is 2.00 bits per heavy atom. The molecule has 0 radical (unpaired) electrons. The van der Waals surface area contributed by atoms with Crippen molar-refractivity contribution in [1.82, 2.24) is 4.98 Å². The predicted molar refractivity (Wildman–Crippen MR) is 76.0 cm³/mol. The van der Waals surface area contributed by atoms with Crippen LogP contribution in [0.15, 0.2) is 42.5 Å². The molecule has 2 aromatic rings. The van der Waals surface area contributed by atoms with Crippen molar-refractivity contribution in [3.05, 3.63) is 59.4 Å². The van der Waals surface area contributed by atoms with Gasteiger partial charge in [-0.25, -0.2) is 0 Å². The lowest BCUT2D eigenvalue weighted by molar-refractivity contribution is -0.138. The molecule has 0 fully saturated rings. The zero-order valence-electron chi connectivity index (χ0n) is 11.5. The number of benzene rings is 1. The van der Waals surface area contributed by atoms with Crippen LogP contribution < -0.4 is 4.74 Å². The van der Waals surface area contributed by atoms with E-state index in [0.29, 0.717) is 12.2 Å². The molecule has 1 unspecified atom stereocenters. The number of carboxylic acids is 1. The Morgan fingerprint density at radius 3 is 2.60 bits per heavy atom. The molecular formula is C16H17NO3. The number of ether oxygens (including phenoxy) is 1. The van der Waals surface area contributed by atoms with Crippen LogP contribution in [-0.2, 0) is 11.2 Å². The van der Waals surface area contributed by atoms with Gasteiger partial charge in [-0.2, -0.15) is 0 Å². The number of hydrogen-bond donors (Lipinski definition) is 1. The maximum absolute atomic E-state index is 11.5. The van der Waals surface area contributed by atoms with Crippen LogP contribution in [0.2, 0.25) is 0 Å². The number of methoxy groups -OCH3 is 1. The van der Waals surface area contributed by atoms with Crippen LogP contribution >= 0.6 is 0 Å². The largest absolute Gasteiger partial charge is 0.497 e. The lowest BCUT2D eigenvalue weighted by Crippen LogP contribution is -2.15. The van der Waals surface area contributed by atoms with Crippen molar-refractivity contribution in [3.63, 3.8) is 0 Å². The smallest absolute Gasteiger partial charge is 0.311 e. The number of pyridine rings is 1. The average molecular weight is 271 g/mol. The first-order chi connectivity index (χ1) is 9.60. The van der Waals surface area contributed by atoms with E-state index in [-0.39, 0.29) is 0 Å². The van der Waals surface area contributed by atoms with Crippen LogP contribution in [0.5, 0.6) is 5.75 Å². The fraction of sp³-hybridized carbons (Fsp3) is 0.250. The molecule has 4 heteroatoms. The van der Waals surface area contributed by atoms with Crippen LogP contribution in [0.3, 0.4) is 0 Å². The molecule has 2 rings (SSSR count). The van der Waals surface area contributed by atoms with Crippen LogP contribution in [0.4, 0.5) is 0 Å². The summed E-state index contributed by atoms with van der Waals surface area (Å²) in [7, 11) is 1.59. The summed E-state index contributed by atoms with van der Waals surface area (Å²) < 4.78 is 5.20. The van der Waals surface area contributed by atoms with E-state index in [1.54, 1.807) is 13.2 Å². The third-order valence-electron chi connectivity index (χ3n) is 3.13. The van der Waals surface area contributed by atoms with Gasteiger partial charge in [0.15, 0.2) is 0 Å². The Bertz CT molecular complexity index is 596. The van der Waals surface area contributed by atoms with E-state index in [2.05, 4.69) is 4.98 Å². The first kappa shape index (κ1) is 14.1. The van der Waals surface area contributed by atoms with Crippen LogP contribution in [0, 0.1) is 6.92 Å². The molecule has 0 saturated carbocycles. The highest BCUT2D eigenvalue weighted by atomic mass is 16.5. The van der Waals surface area contributed by atoms with E-state index >= 15 is 0 Å². The SMILES string of the molecule is COc1cc(C)nc(CC(C(=O)O)c2ccccc2)c1. The summed E-state index contributed by atoms with van der Waals surface area (Å²) in [6, 6.07) is 12.8. The summed E-state index contributed by atoms with van der Waals surface area (Å²) >= 11 is 0. The summed E-state index contributed by atoms with van der Waals surface area (Å²) in [5, 5.41) is 9.42. The second-order valence-electron chi connectivity index (χ2n) is 4.65. The fourth-order valence-electron chi connectivity index (χ4n) is 2.17. The van der Waals surface area contributed by atoms with Gasteiger partial charge in [-0.3, -0.25) is 9.78 Å². The highest BCUT2D eigenvalue weighted by Crippen LogP contribution is 2.23. The third-order valence-corrected chi connectivity index (χ3v) is 3.13. The van der Waals surface area contributed by atoms with Crippen molar-refractivity contribution in [2.45, 2.75) is 19.3 Å². The van der Waals surface area contributed by atoms with E-state index in [4.69, 9.17) is 4.74 Å². The van der Waals surface area contributed by atoms with Crippen LogP contribution in [-0.4, -0.2) is 23.2 Å². The maximum atomic E-state index is 11.5. The number of carbonyl (C=O) groups is 1. The molecule has 0 aliphatic rings. The predicted octanol–water partition coefficient (Wildman–Crippen LogP) is 2.81. The van der Waals surface area contributed by atoms with Crippen molar-refractivity contribution in [3.8, 4) is 5.75 Å². The van der Waals surface area contributed by atoms with Gasteiger partial charge in [0.2, 0.25) is 0 Å². The standard InChI is InChI=1S/C16H17NO3/c1-11-8-14(20-2)9-13(17-11)10-15(16(18)19)12-6-4-3-5-7-12/h3-9,15H,10H2,1-2H3,(H,18,19). The summed E-state index contributed by atoms with van der Waals surface area (Å²) in [4.78, 5) is 15.9. The van der Waals surface area contributed by atoms with E-state index in [9.17, 15) is 9.90 Å². The first-order valence-corrected chi connectivity index (χ1v) is 6.39. The van der Waals surface area contributed by atoms with Gasteiger partial charge in [-0.15, -0.1) is 0 Å². The van der Waals surface area contributed by atoms with Crippen molar-refractivity contribution in [2.75, 3.05) is 7.11 Å². The molecule has 0 bridgehead atoms. The summed E-state index contributed by atoms with van der Waals surface area (Å²) in [5.41, 5.74) is 2.32. The molecule has 1 heterocycles. The van der Waals surface area contributed by atoms with Gasteiger partial charge < -0.3 is 9.84 Å². The number of aryl methyl sites for hydroxylation is 1. The highest BCUT2D eigenvalue weighted by molar-refractivity contribution is 5.76. The molecule has 0 amide bonds. The van der Waals surface area contributed by atoms with Gasteiger partial charge in [0.05, 0.1) is 13.0 Å². The second kappa shape index (κ2) is 6.19. The van der Waals surface area contributed by atoms with Crippen molar-refractivity contribution in [2.24, 2.45) is 0 Å². The lowest BCUT2D eigenvalue weighted by atomic mass is 9.94. The maximum Gasteiger partial charge on any atom is 0.311 e. The fourth-order valence-corrected chi connectivity index (χ4v) is 2.17. The third kappa shape index (κ3) is 3.35. The average Bonchev–Trinajstić information content (AvgIpc) is 2.44. The van der Waals surface area contributed by atoms with E-state index in [1.807, 2.05) is 43.3 Å². The van der Waals surface area contributed by atoms with Gasteiger partial charge >= 0.3 is 5.97 Å². The molecule has 1 atom stereocenters. The molecule has 0 spiro atoms. The van der Waals surface area contributed by atoms with Crippen LogP contribution in [0.1, 0.15) is 22.9 Å². The number of hydrogen-bond acceptors (Lipinski definition) is 3. The highest BCUT2D eigenvalue weighted by Gasteiger charge is 2.21. The van der Waals surface area contributed by atoms with Gasteiger partial charge in [0, 0.05) is 29.9 Å². The molecule has 1 aromatic heterocycles. The topological polar surface area (TPSA) is 59.4 Å². The minimum Gasteiger partial charge on any atom is -0.497 e. The monoisotopic (exact) mass is 271 g/mol. The summed E-state index contributed by atoms with van der Waals surface area (Å²) in [6.45, 7) is 1.87. The Balaban J connectivity index is 2.29. The molecule has 1 aromatic carbocycles. The Hall–Kier alpha value is -2.36. The van der Waals surface area contributed by atoms with Gasteiger partial charge in [0.25, 0.3) is 0 Å². The molecule has 20 heavy (non-hydrogen) atoms. The second-order valence-corrected chi connectivity index (χ2v) is 4.65. The van der Waals surface area contributed by atoms with E-state index in [0.717, 1.165) is 17.0 Å². The number of aromatic nitrogens is 1. The molecular weight excluding hydrogens is 254 g/mol. The van der Waals surface area contributed by atoms with Gasteiger partial charge in [0.1, 0.15) is 5.75 Å². The minimum absolute atomic E-state index is 0.345. The minimum atomic E-state index is -0.849. The van der Waals surface area contributed by atoms with Crippen molar-refractivity contribution in [1.29, 1.82) is 0 Å². The van der Waals surface area contributed by atoms with Gasteiger partial charge in [-0.05, 0) is 12.5 Å². The van der Waals surface area contributed by atoms with E-state index < -0.39 is 11.9 Å². The van der Waals surface area contributed by atoms with E-state index in [1.165, 1.54) is 0 Å². The first-order valence-electron chi connectivity index (χ1n) is 6.39. The molecule has 0 aliphatic carbocycles. The molecule has 0 aliphatic heterocycles.